The van der Waals surface area contributed by atoms with Crippen molar-refractivity contribution >= 4 is 34.0 Å². The standard InChI is InChI=1S/C20H17ClN2O3S/c1-12-18(10-13-5-4-6-14(21)9-13)27-20(22-12)23-19(24)17-11-25-15-7-2-3-8-16(15)26-17/h2-9,17H,10-11H2,1H3,(H,22,23,24). The zero-order chi connectivity index (χ0) is 18.8. The van der Waals surface area contributed by atoms with E-state index in [0.717, 1.165) is 22.6 Å². The molecule has 0 bridgehead atoms. The van der Waals surface area contributed by atoms with Gasteiger partial charge in [-0.1, -0.05) is 35.9 Å². The molecule has 1 aliphatic heterocycles. The van der Waals surface area contributed by atoms with E-state index in [0.29, 0.717) is 21.7 Å². The lowest BCUT2D eigenvalue weighted by Crippen LogP contribution is -2.40. The normalized spacial score (nSPS) is 15.4. The lowest BCUT2D eigenvalue weighted by atomic mass is 10.1. The molecule has 5 nitrogen and oxygen atoms in total. The molecule has 0 saturated heterocycles. The van der Waals surface area contributed by atoms with Crippen LogP contribution < -0.4 is 14.8 Å². The number of thiazole rings is 1. The first kappa shape index (κ1) is 17.8. The van der Waals surface area contributed by atoms with Gasteiger partial charge in [0.2, 0.25) is 6.10 Å². The summed E-state index contributed by atoms with van der Waals surface area (Å²) >= 11 is 7.51. The summed E-state index contributed by atoms with van der Waals surface area (Å²) in [5.41, 5.74) is 1.99. The molecule has 138 valence electrons. The smallest absolute Gasteiger partial charge is 0.270 e. The molecule has 1 amide bonds. The summed E-state index contributed by atoms with van der Waals surface area (Å²) in [7, 11) is 0. The number of nitrogens with zero attached hydrogens (tertiary/aromatic N) is 1. The van der Waals surface area contributed by atoms with Crippen molar-refractivity contribution in [2.75, 3.05) is 11.9 Å². The minimum atomic E-state index is -0.708. The fraction of sp³-hybridized carbons (Fsp3) is 0.200. The molecule has 1 atom stereocenters. The Hall–Kier alpha value is -2.57. The molecule has 1 N–H and O–H groups in total. The summed E-state index contributed by atoms with van der Waals surface area (Å²) in [6.07, 6.45) is 0.0107. The highest BCUT2D eigenvalue weighted by Gasteiger charge is 2.28. The molecule has 0 saturated carbocycles. The minimum absolute atomic E-state index is 0.169. The van der Waals surface area contributed by atoms with Crippen molar-refractivity contribution in [1.29, 1.82) is 0 Å². The summed E-state index contributed by atoms with van der Waals surface area (Å²) in [5, 5.41) is 4.10. The van der Waals surface area contributed by atoms with E-state index in [9.17, 15) is 4.79 Å². The van der Waals surface area contributed by atoms with E-state index in [1.165, 1.54) is 11.3 Å². The molecular weight excluding hydrogens is 384 g/mol. The fourth-order valence-corrected chi connectivity index (χ4v) is 4.03. The third-order valence-corrected chi connectivity index (χ3v) is 5.49. The summed E-state index contributed by atoms with van der Waals surface area (Å²) in [5.74, 6) is 0.948. The molecule has 0 radical (unpaired) electrons. The summed E-state index contributed by atoms with van der Waals surface area (Å²) < 4.78 is 11.3. The molecule has 0 spiro atoms. The average molecular weight is 401 g/mol. The number of halogens is 1. The van der Waals surface area contributed by atoms with Gasteiger partial charge in [-0.05, 0) is 36.8 Å². The van der Waals surface area contributed by atoms with Crippen molar-refractivity contribution in [3.05, 3.63) is 69.7 Å². The number of hydrogen-bond acceptors (Lipinski definition) is 5. The molecule has 7 heteroatoms. The Morgan fingerprint density at radius 3 is 2.89 bits per heavy atom. The Kier molecular flexibility index (Phi) is 5.01. The van der Waals surface area contributed by atoms with Crippen LogP contribution in [0.5, 0.6) is 11.5 Å². The van der Waals surface area contributed by atoms with E-state index in [2.05, 4.69) is 10.3 Å². The van der Waals surface area contributed by atoms with Crippen LogP contribution in [0.25, 0.3) is 0 Å². The van der Waals surface area contributed by atoms with Crippen LogP contribution in [0.3, 0.4) is 0 Å². The van der Waals surface area contributed by atoms with Crippen molar-refractivity contribution < 1.29 is 14.3 Å². The van der Waals surface area contributed by atoms with Crippen LogP contribution in [0.2, 0.25) is 5.02 Å². The lowest BCUT2D eigenvalue weighted by molar-refractivity contribution is -0.125. The second-order valence-corrected chi connectivity index (χ2v) is 7.71. The number of nitrogens with one attached hydrogen (secondary N) is 1. The number of fused-ring (bicyclic) bond motifs is 1. The van der Waals surface area contributed by atoms with Crippen LogP contribution in [0.1, 0.15) is 16.1 Å². The number of aryl methyl sites for hydroxylation is 1. The molecule has 2 heterocycles. The van der Waals surface area contributed by atoms with Gasteiger partial charge >= 0.3 is 0 Å². The number of anilines is 1. The number of carbonyl (C=O) groups excluding carboxylic acids is 1. The van der Waals surface area contributed by atoms with E-state index < -0.39 is 6.10 Å². The van der Waals surface area contributed by atoms with Crippen LogP contribution in [0, 0.1) is 6.92 Å². The minimum Gasteiger partial charge on any atom is -0.485 e. The average Bonchev–Trinajstić information content (AvgIpc) is 3.00. The number of hydrogen-bond donors (Lipinski definition) is 1. The van der Waals surface area contributed by atoms with Gasteiger partial charge in [0.25, 0.3) is 5.91 Å². The summed E-state index contributed by atoms with van der Waals surface area (Å²) in [6, 6.07) is 15.0. The van der Waals surface area contributed by atoms with Crippen molar-refractivity contribution in [2.24, 2.45) is 0 Å². The second-order valence-electron chi connectivity index (χ2n) is 6.19. The summed E-state index contributed by atoms with van der Waals surface area (Å²) in [4.78, 5) is 18.1. The largest absolute Gasteiger partial charge is 0.485 e. The lowest BCUT2D eigenvalue weighted by Gasteiger charge is -2.25. The fourth-order valence-electron chi connectivity index (χ4n) is 2.81. The monoisotopic (exact) mass is 400 g/mol. The highest BCUT2D eigenvalue weighted by molar-refractivity contribution is 7.15. The van der Waals surface area contributed by atoms with Crippen molar-refractivity contribution in [1.82, 2.24) is 4.98 Å². The van der Waals surface area contributed by atoms with Gasteiger partial charge in [0.05, 0.1) is 5.69 Å². The first-order valence-electron chi connectivity index (χ1n) is 8.48. The number of rotatable bonds is 4. The molecule has 3 aromatic rings. The first-order valence-corrected chi connectivity index (χ1v) is 9.68. The van der Waals surface area contributed by atoms with Crippen molar-refractivity contribution in [3.63, 3.8) is 0 Å². The van der Waals surface area contributed by atoms with Gasteiger partial charge in [-0.3, -0.25) is 10.1 Å². The van der Waals surface area contributed by atoms with E-state index in [1.54, 1.807) is 6.07 Å². The van der Waals surface area contributed by atoms with Crippen LogP contribution >= 0.6 is 22.9 Å². The topological polar surface area (TPSA) is 60.5 Å². The van der Waals surface area contributed by atoms with Gasteiger partial charge < -0.3 is 9.47 Å². The molecule has 27 heavy (non-hydrogen) atoms. The van der Waals surface area contributed by atoms with E-state index >= 15 is 0 Å². The van der Waals surface area contributed by atoms with Gasteiger partial charge in [-0.25, -0.2) is 4.98 Å². The van der Waals surface area contributed by atoms with E-state index in [1.807, 2.05) is 49.4 Å². The second kappa shape index (κ2) is 7.58. The van der Waals surface area contributed by atoms with Gasteiger partial charge in [-0.15, -0.1) is 11.3 Å². The highest BCUT2D eigenvalue weighted by Crippen LogP contribution is 2.31. The van der Waals surface area contributed by atoms with E-state index in [-0.39, 0.29) is 12.5 Å². The molecule has 1 aromatic heterocycles. The predicted octanol–water partition coefficient (Wildman–Crippen LogP) is 4.47. The predicted molar refractivity (Wildman–Crippen MR) is 106 cm³/mol. The maximum atomic E-state index is 12.5. The molecular formula is C20H17ClN2O3S. The Balaban J connectivity index is 1.43. The molecule has 0 fully saturated rings. The maximum Gasteiger partial charge on any atom is 0.270 e. The third kappa shape index (κ3) is 4.07. The number of aromatic nitrogens is 1. The van der Waals surface area contributed by atoms with Gasteiger partial charge in [-0.2, -0.15) is 0 Å². The quantitative estimate of drug-likeness (QED) is 0.701. The number of carbonyl (C=O) groups is 1. The van der Waals surface area contributed by atoms with Crippen LogP contribution in [-0.2, 0) is 11.2 Å². The van der Waals surface area contributed by atoms with Crippen LogP contribution in [-0.4, -0.2) is 23.6 Å². The number of amides is 1. The van der Waals surface area contributed by atoms with Gasteiger partial charge in [0.1, 0.15) is 6.61 Å². The van der Waals surface area contributed by atoms with Crippen molar-refractivity contribution in [3.8, 4) is 11.5 Å². The summed E-state index contributed by atoms with van der Waals surface area (Å²) in [6.45, 7) is 2.10. The number of benzene rings is 2. The molecule has 2 aromatic carbocycles. The first-order chi connectivity index (χ1) is 13.1. The SMILES string of the molecule is Cc1nc(NC(=O)C2COc3ccccc3O2)sc1Cc1cccc(Cl)c1. The number of ether oxygens (including phenoxy) is 2. The van der Waals surface area contributed by atoms with Gasteiger partial charge in [0.15, 0.2) is 16.6 Å². The highest BCUT2D eigenvalue weighted by atomic mass is 35.5. The molecule has 4 rings (SSSR count). The number of para-hydroxylation sites is 2. The van der Waals surface area contributed by atoms with Crippen LogP contribution in [0.4, 0.5) is 5.13 Å². The Labute approximate surface area is 165 Å². The van der Waals surface area contributed by atoms with Gasteiger partial charge in [0, 0.05) is 16.3 Å². The Morgan fingerprint density at radius 1 is 1.26 bits per heavy atom. The Bertz CT molecular complexity index is 989. The molecule has 1 unspecified atom stereocenters. The van der Waals surface area contributed by atoms with Crippen molar-refractivity contribution in [2.45, 2.75) is 19.4 Å². The maximum absolute atomic E-state index is 12.5. The zero-order valence-corrected chi connectivity index (χ0v) is 16.1. The third-order valence-electron chi connectivity index (χ3n) is 4.18. The Morgan fingerprint density at radius 2 is 2.07 bits per heavy atom. The zero-order valence-electron chi connectivity index (χ0n) is 14.6. The van der Waals surface area contributed by atoms with E-state index in [4.69, 9.17) is 21.1 Å². The molecule has 0 aliphatic carbocycles. The molecule has 1 aliphatic rings. The van der Waals surface area contributed by atoms with Crippen LogP contribution in [0.15, 0.2) is 48.5 Å².